The third kappa shape index (κ3) is 2.90. The lowest BCUT2D eigenvalue weighted by Crippen LogP contribution is -2.63. The summed E-state index contributed by atoms with van der Waals surface area (Å²) in [4.78, 5) is 12.8. The summed E-state index contributed by atoms with van der Waals surface area (Å²) in [6, 6.07) is -0.235. The Balaban J connectivity index is 2.74. The van der Waals surface area contributed by atoms with Crippen LogP contribution in [0.3, 0.4) is 0 Å². The summed E-state index contributed by atoms with van der Waals surface area (Å²) in [6.07, 6.45) is -3.67. The number of amides is 1. The molecule has 2 N–H and O–H groups in total. The lowest BCUT2D eigenvalue weighted by Gasteiger charge is -2.37. The van der Waals surface area contributed by atoms with Crippen LogP contribution in [0.2, 0.25) is 0 Å². The smallest absolute Gasteiger partial charge is 0.381 e. The van der Waals surface area contributed by atoms with Gasteiger partial charge in [-0.1, -0.05) is 0 Å². The second kappa shape index (κ2) is 4.81. The van der Waals surface area contributed by atoms with Crippen molar-refractivity contribution in [3.63, 3.8) is 0 Å². The number of carbonyl (C=O) groups excluding carboxylic acids is 1. The molecule has 0 radical (unpaired) electrons. The molecule has 0 saturated carbocycles. The first-order chi connectivity index (χ1) is 7.68. The molecule has 0 aromatic rings. The third-order valence-electron chi connectivity index (χ3n) is 3.09. The van der Waals surface area contributed by atoms with Crippen LogP contribution in [0.4, 0.5) is 13.2 Å². The number of rotatable bonds is 2. The average Bonchev–Trinajstić information content (AvgIpc) is 2.26. The first-order valence-corrected chi connectivity index (χ1v) is 5.38. The summed E-state index contributed by atoms with van der Waals surface area (Å²) in [5.74, 6) is -1.10. The minimum Gasteiger partial charge on any atom is -0.381 e. The molecular weight excluding hydrogens is 237 g/mol. The van der Waals surface area contributed by atoms with Crippen LogP contribution in [-0.4, -0.2) is 48.8 Å². The van der Waals surface area contributed by atoms with Crippen LogP contribution < -0.4 is 5.73 Å². The summed E-state index contributed by atoms with van der Waals surface area (Å²) < 4.78 is 42.9. The van der Waals surface area contributed by atoms with E-state index >= 15 is 0 Å². The van der Waals surface area contributed by atoms with E-state index in [4.69, 9.17) is 10.5 Å². The Kier molecular flexibility index (Phi) is 4.03. The van der Waals surface area contributed by atoms with E-state index in [1.807, 2.05) is 0 Å². The van der Waals surface area contributed by atoms with Gasteiger partial charge in [-0.3, -0.25) is 4.79 Å². The number of hydrogen-bond donors (Lipinski definition) is 1. The van der Waals surface area contributed by atoms with Crippen molar-refractivity contribution < 1.29 is 22.7 Å². The van der Waals surface area contributed by atoms with Crippen LogP contribution in [0.25, 0.3) is 0 Å². The quantitative estimate of drug-likeness (QED) is 0.796. The van der Waals surface area contributed by atoms with Gasteiger partial charge in [0, 0.05) is 26.3 Å². The van der Waals surface area contributed by atoms with Crippen molar-refractivity contribution in [1.29, 1.82) is 0 Å². The number of nitrogens with two attached hydrogens (primary N) is 1. The maximum atomic E-state index is 12.6. The molecule has 1 heterocycles. The largest absolute Gasteiger partial charge is 0.415 e. The van der Waals surface area contributed by atoms with Gasteiger partial charge < -0.3 is 15.4 Å². The zero-order valence-corrected chi connectivity index (χ0v) is 9.88. The van der Waals surface area contributed by atoms with Crippen LogP contribution in [0, 0.1) is 0 Å². The van der Waals surface area contributed by atoms with E-state index in [9.17, 15) is 18.0 Å². The molecule has 1 aliphatic rings. The van der Waals surface area contributed by atoms with Gasteiger partial charge in [0.2, 0.25) is 0 Å². The van der Waals surface area contributed by atoms with E-state index < -0.39 is 17.6 Å². The normalized spacial score (nSPS) is 22.0. The second-order valence-electron chi connectivity index (χ2n) is 4.46. The fourth-order valence-corrected chi connectivity index (χ4v) is 1.73. The van der Waals surface area contributed by atoms with Crippen LogP contribution in [-0.2, 0) is 9.53 Å². The number of likely N-dealkylation sites (N-methyl/N-ethyl adjacent to an activating group) is 1. The molecule has 0 spiro atoms. The van der Waals surface area contributed by atoms with Gasteiger partial charge in [-0.2, -0.15) is 13.2 Å². The Morgan fingerprint density at radius 2 is 1.82 bits per heavy atom. The molecule has 0 bridgehead atoms. The van der Waals surface area contributed by atoms with E-state index in [1.165, 1.54) is 7.05 Å². The summed E-state index contributed by atoms with van der Waals surface area (Å²) >= 11 is 0. The summed E-state index contributed by atoms with van der Waals surface area (Å²) in [7, 11) is 1.36. The monoisotopic (exact) mass is 254 g/mol. The van der Waals surface area contributed by atoms with E-state index in [0.717, 1.165) is 4.90 Å². The molecule has 0 aliphatic carbocycles. The summed E-state index contributed by atoms with van der Waals surface area (Å²) in [5.41, 5.74) is 2.26. The van der Waals surface area contributed by atoms with Gasteiger partial charge in [0.25, 0.3) is 5.91 Å². The molecule has 17 heavy (non-hydrogen) atoms. The Hall–Kier alpha value is -0.820. The maximum absolute atomic E-state index is 12.6. The lowest BCUT2D eigenvalue weighted by atomic mass is 9.98. The summed E-state index contributed by atoms with van der Waals surface area (Å²) in [6.45, 7) is 1.61. The van der Waals surface area contributed by atoms with E-state index in [2.05, 4.69) is 0 Å². The SMILES string of the molecule is CN(C(=O)C(C)(N)C(F)(F)F)C1CCOCC1. The average molecular weight is 254 g/mol. The number of ether oxygens (including phenoxy) is 1. The van der Waals surface area contributed by atoms with Gasteiger partial charge in [0.15, 0.2) is 5.54 Å². The first kappa shape index (κ1) is 14.2. The minimum absolute atomic E-state index is 0.235. The molecule has 1 amide bonds. The molecule has 1 rings (SSSR count). The van der Waals surface area contributed by atoms with E-state index in [0.29, 0.717) is 33.0 Å². The highest BCUT2D eigenvalue weighted by Gasteiger charge is 2.55. The first-order valence-electron chi connectivity index (χ1n) is 5.38. The van der Waals surface area contributed by atoms with Crippen molar-refractivity contribution in [2.75, 3.05) is 20.3 Å². The van der Waals surface area contributed by atoms with Crippen molar-refractivity contribution in [3.05, 3.63) is 0 Å². The van der Waals surface area contributed by atoms with Crippen LogP contribution in [0.15, 0.2) is 0 Å². The van der Waals surface area contributed by atoms with Crippen LogP contribution in [0.1, 0.15) is 19.8 Å². The molecular formula is C10H17F3N2O2. The topological polar surface area (TPSA) is 55.6 Å². The zero-order valence-electron chi connectivity index (χ0n) is 9.88. The predicted molar refractivity (Wildman–Crippen MR) is 55.3 cm³/mol. The number of hydrogen-bond acceptors (Lipinski definition) is 3. The Labute approximate surface area is 97.9 Å². The van der Waals surface area contributed by atoms with Crippen LogP contribution >= 0.6 is 0 Å². The summed E-state index contributed by atoms with van der Waals surface area (Å²) in [5, 5.41) is 0. The van der Waals surface area contributed by atoms with Gasteiger partial charge in [0.1, 0.15) is 0 Å². The molecule has 1 fully saturated rings. The van der Waals surface area contributed by atoms with Crippen molar-refractivity contribution in [2.24, 2.45) is 5.73 Å². The highest BCUT2D eigenvalue weighted by Crippen LogP contribution is 2.30. The van der Waals surface area contributed by atoms with Gasteiger partial charge in [-0.25, -0.2) is 0 Å². The van der Waals surface area contributed by atoms with E-state index in [1.54, 1.807) is 0 Å². The third-order valence-corrected chi connectivity index (χ3v) is 3.09. The van der Waals surface area contributed by atoms with Crippen molar-refractivity contribution in [2.45, 2.75) is 37.5 Å². The number of nitrogens with zero attached hydrogens (tertiary/aromatic N) is 1. The molecule has 7 heteroatoms. The predicted octanol–water partition coefficient (Wildman–Crippen LogP) is 0.903. The standard InChI is InChI=1S/C10H17F3N2O2/c1-9(14,10(11,12)13)8(16)15(2)7-3-5-17-6-4-7/h7H,3-6,14H2,1-2H3. The molecule has 1 aliphatic heterocycles. The van der Waals surface area contributed by atoms with Crippen molar-refractivity contribution in [3.8, 4) is 0 Å². The highest BCUT2D eigenvalue weighted by atomic mass is 19.4. The van der Waals surface area contributed by atoms with Gasteiger partial charge in [-0.15, -0.1) is 0 Å². The number of halogens is 3. The molecule has 1 unspecified atom stereocenters. The Morgan fingerprint density at radius 3 is 2.24 bits per heavy atom. The zero-order chi connectivity index (χ0) is 13.3. The van der Waals surface area contributed by atoms with Crippen molar-refractivity contribution >= 4 is 5.91 Å². The Bertz CT molecular complexity index is 286. The lowest BCUT2D eigenvalue weighted by molar-refractivity contribution is -0.194. The second-order valence-corrected chi connectivity index (χ2v) is 4.46. The molecule has 100 valence electrons. The van der Waals surface area contributed by atoms with Gasteiger partial charge >= 0.3 is 6.18 Å². The molecule has 0 aromatic heterocycles. The molecule has 0 aromatic carbocycles. The van der Waals surface area contributed by atoms with E-state index in [-0.39, 0.29) is 6.04 Å². The fraction of sp³-hybridized carbons (Fsp3) is 0.900. The maximum Gasteiger partial charge on any atom is 0.415 e. The van der Waals surface area contributed by atoms with Gasteiger partial charge in [0.05, 0.1) is 0 Å². The van der Waals surface area contributed by atoms with Gasteiger partial charge in [-0.05, 0) is 19.8 Å². The number of carbonyl (C=O) groups is 1. The van der Waals surface area contributed by atoms with Crippen molar-refractivity contribution in [1.82, 2.24) is 4.90 Å². The molecule has 4 nitrogen and oxygen atoms in total. The Morgan fingerprint density at radius 1 is 1.35 bits per heavy atom. The fourth-order valence-electron chi connectivity index (χ4n) is 1.73. The molecule has 1 saturated heterocycles. The minimum atomic E-state index is -4.75. The highest BCUT2D eigenvalue weighted by molar-refractivity contribution is 5.86. The van der Waals surface area contributed by atoms with Crippen LogP contribution in [0.5, 0.6) is 0 Å². The molecule has 1 atom stereocenters. The number of alkyl halides is 3.